The summed E-state index contributed by atoms with van der Waals surface area (Å²) >= 11 is 5.55. The topological polar surface area (TPSA) is 29.5 Å². The molecular formula is C12H16ClFO2. The molecule has 1 aromatic rings. The first-order chi connectivity index (χ1) is 7.50. The third kappa shape index (κ3) is 3.35. The molecule has 0 spiro atoms. The van der Waals surface area contributed by atoms with Crippen LogP contribution in [0.15, 0.2) is 18.2 Å². The van der Waals surface area contributed by atoms with Crippen molar-refractivity contribution >= 4 is 11.6 Å². The highest BCUT2D eigenvalue weighted by molar-refractivity contribution is 6.30. The number of benzene rings is 1. The Balaban J connectivity index is 2.64. The number of rotatable bonds is 5. The maximum atomic E-state index is 13.1. The summed E-state index contributed by atoms with van der Waals surface area (Å²) in [6.07, 6.45) is 1.19. The lowest BCUT2D eigenvalue weighted by Crippen LogP contribution is -2.34. The van der Waals surface area contributed by atoms with Crippen molar-refractivity contribution < 1.29 is 14.2 Å². The molecular weight excluding hydrogens is 231 g/mol. The fourth-order valence-electron chi connectivity index (χ4n) is 1.24. The summed E-state index contributed by atoms with van der Waals surface area (Å²) in [7, 11) is 0. The molecule has 0 aliphatic carbocycles. The SMILES string of the molecule is CCC(O)(CC)COc1ccc(Cl)c(F)c1. The molecule has 0 atom stereocenters. The van der Waals surface area contributed by atoms with Gasteiger partial charge in [-0.3, -0.25) is 0 Å². The van der Waals surface area contributed by atoms with Crippen molar-refractivity contribution in [3.63, 3.8) is 0 Å². The van der Waals surface area contributed by atoms with Crippen molar-refractivity contribution in [2.45, 2.75) is 32.3 Å². The molecule has 0 amide bonds. The molecule has 0 unspecified atom stereocenters. The van der Waals surface area contributed by atoms with Crippen LogP contribution in [0.1, 0.15) is 26.7 Å². The Morgan fingerprint density at radius 3 is 2.50 bits per heavy atom. The van der Waals surface area contributed by atoms with Gasteiger partial charge in [0.1, 0.15) is 18.2 Å². The molecule has 0 bridgehead atoms. The van der Waals surface area contributed by atoms with E-state index in [0.717, 1.165) is 0 Å². The average Bonchev–Trinajstić information content (AvgIpc) is 2.30. The zero-order valence-electron chi connectivity index (χ0n) is 9.46. The predicted octanol–water partition coefficient (Wildman–Crippen LogP) is 3.41. The molecule has 90 valence electrons. The molecule has 0 radical (unpaired) electrons. The van der Waals surface area contributed by atoms with E-state index >= 15 is 0 Å². The second kappa shape index (κ2) is 5.51. The lowest BCUT2D eigenvalue weighted by Gasteiger charge is -2.25. The normalized spacial score (nSPS) is 11.6. The van der Waals surface area contributed by atoms with E-state index in [-0.39, 0.29) is 11.6 Å². The molecule has 2 nitrogen and oxygen atoms in total. The number of hydrogen-bond donors (Lipinski definition) is 1. The smallest absolute Gasteiger partial charge is 0.145 e. The van der Waals surface area contributed by atoms with E-state index in [1.54, 1.807) is 6.07 Å². The number of hydrogen-bond acceptors (Lipinski definition) is 2. The first-order valence-electron chi connectivity index (χ1n) is 5.31. The van der Waals surface area contributed by atoms with Gasteiger partial charge in [0, 0.05) is 6.07 Å². The Hall–Kier alpha value is -0.800. The Morgan fingerprint density at radius 2 is 2.00 bits per heavy atom. The summed E-state index contributed by atoms with van der Waals surface area (Å²) in [4.78, 5) is 0. The third-order valence-corrected chi connectivity index (χ3v) is 3.02. The summed E-state index contributed by atoms with van der Waals surface area (Å²) in [5, 5.41) is 10.0. The zero-order chi connectivity index (χ0) is 12.2. The lowest BCUT2D eigenvalue weighted by atomic mass is 9.99. The van der Waals surface area contributed by atoms with Crippen LogP contribution in [0.5, 0.6) is 5.75 Å². The maximum absolute atomic E-state index is 13.1. The van der Waals surface area contributed by atoms with Crippen LogP contribution in [-0.2, 0) is 0 Å². The molecule has 0 aromatic heterocycles. The molecule has 16 heavy (non-hydrogen) atoms. The van der Waals surface area contributed by atoms with E-state index in [2.05, 4.69) is 0 Å². The van der Waals surface area contributed by atoms with Crippen LogP contribution in [0.4, 0.5) is 4.39 Å². The molecule has 1 rings (SSSR count). The van der Waals surface area contributed by atoms with Crippen LogP contribution in [0.3, 0.4) is 0 Å². The second-order valence-corrected chi connectivity index (χ2v) is 4.20. The Kier molecular flexibility index (Phi) is 4.56. The Labute approximate surface area is 100.0 Å². The van der Waals surface area contributed by atoms with Crippen molar-refractivity contribution in [3.05, 3.63) is 29.0 Å². The summed E-state index contributed by atoms with van der Waals surface area (Å²) in [5.41, 5.74) is -0.851. The Morgan fingerprint density at radius 1 is 1.38 bits per heavy atom. The van der Waals surface area contributed by atoms with E-state index in [4.69, 9.17) is 16.3 Å². The number of ether oxygens (including phenoxy) is 1. The standard InChI is InChI=1S/C12H16ClFO2/c1-3-12(15,4-2)8-16-9-5-6-10(13)11(14)7-9/h5-7,15H,3-4,8H2,1-2H3. The maximum Gasteiger partial charge on any atom is 0.145 e. The predicted molar refractivity (Wildman–Crippen MR) is 62.4 cm³/mol. The summed E-state index contributed by atoms with van der Waals surface area (Å²) < 4.78 is 18.4. The highest BCUT2D eigenvalue weighted by Gasteiger charge is 2.23. The molecule has 1 aromatic carbocycles. The van der Waals surface area contributed by atoms with Crippen LogP contribution >= 0.6 is 11.6 Å². The van der Waals surface area contributed by atoms with E-state index in [0.29, 0.717) is 18.6 Å². The van der Waals surface area contributed by atoms with Gasteiger partial charge in [0.15, 0.2) is 0 Å². The average molecular weight is 247 g/mol. The molecule has 1 N–H and O–H groups in total. The molecule has 0 aliphatic rings. The van der Waals surface area contributed by atoms with Crippen molar-refractivity contribution in [3.8, 4) is 5.75 Å². The fourth-order valence-corrected chi connectivity index (χ4v) is 1.36. The molecule has 0 heterocycles. The van der Waals surface area contributed by atoms with Crippen molar-refractivity contribution in [2.75, 3.05) is 6.61 Å². The zero-order valence-corrected chi connectivity index (χ0v) is 10.2. The monoisotopic (exact) mass is 246 g/mol. The fraction of sp³-hybridized carbons (Fsp3) is 0.500. The third-order valence-electron chi connectivity index (χ3n) is 2.71. The van der Waals surface area contributed by atoms with Crippen LogP contribution in [0, 0.1) is 5.82 Å². The largest absolute Gasteiger partial charge is 0.490 e. The molecule has 0 fully saturated rings. The van der Waals surface area contributed by atoms with Gasteiger partial charge in [-0.15, -0.1) is 0 Å². The first kappa shape index (κ1) is 13.3. The highest BCUT2D eigenvalue weighted by Crippen LogP contribution is 2.22. The molecule has 4 heteroatoms. The first-order valence-corrected chi connectivity index (χ1v) is 5.69. The van der Waals surface area contributed by atoms with Crippen LogP contribution in [0.25, 0.3) is 0 Å². The lowest BCUT2D eigenvalue weighted by molar-refractivity contribution is -0.0114. The second-order valence-electron chi connectivity index (χ2n) is 3.80. The minimum Gasteiger partial charge on any atom is -0.490 e. The van der Waals surface area contributed by atoms with Crippen LogP contribution in [0.2, 0.25) is 5.02 Å². The van der Waals surface area contributed by atoms with Gasteiger partial charge < -0.3 is 9.84 Å². The van der Waals surface area contributed by atoms with E-state index < -0.39 is 11.4 Å². The van der Waals surface area contributed by atoms with Crippen molar-refractivity contribution in [1.29, 1.82) is 0 Å². The molecule has 0 aliphatic heterocycles. The number of aliphatic hydroxyl groups is 1. The summed E-state index contributed by atoms with van der Waals surface area (Å²) in [6, 6.07) is 4.23. The van der Waals surface area contributed by atoms with E-state index in [1.807, 2.05) is 13.8 Å². The van der Waals surface area contributed by atoms with Crippen LogP contribution < -0.4 is 4.74 Å². The van der Waals surface area contributed by atoms with Crippen molar-refractivity contribution in [2.24, 2.45) is 0 Å². The number of halogens is 2. The Bertz CT molecular complexity index is 351. The summed E-state index contributed by atoms with van der Waals surface area (Å²) in [5.74, 6) is -0.141. The van der Waals surface area contributed by atoms with Gasteiger partial charge in [0.2, 0.25) is 0 Å². The minimum atomic E-state index is -0.851. The van der Waals surface area contributed by atoms with Gasteiger partial charge in [-0.1, -0.05) is 25.4 Å². The molecule has 0 saturated carbocycles. The van der Waals surface area contributed by atoms with Crippen molar-refractivity contribution in [1.82, 2.24) is 0 Å². The van der Waals surface area contributed by atoms with E-state index in [9.17, 15) is 9.50 Å². The molecule has 0 saturated heterocycles. The summed E-state index contributed by atoms with van der Waals surface area (Å²) in [6.45, 7) is 3.92. The van der Waals surface area contributed by atoms with Gasteiger partial charge in [-0.2, -0.15) is 0 Å². The minimum absolute atomic E-state index is 0.0635. The van der Waals surface area contributed by atoms with Gasteiger partial charge in [-0.25, -0.2) is 4.39 Å². The van der Waals surface area contributed by atoms with Gasteiger partial charge in [0.25, 0.3) is 0 Å². The van der Waals surface area contributed by atoms with Crippen LogP contribution in [-0.4, -0.2) is 17.3 Å². The highest BCUT2D eigenvalue weighted by atomic mass is 35.5. The van der Waals surface area contributed by atoms with Gasteiger partial charge in [0.05, 0.1) is 10.6 Å². The van der Waals surface area contributed by atoms with E-state index in [1.165, 1.54) is 12.1 Å². The quantitative estimate of drug-likeness (QED) is 0.863. The van der Waals surface area contributed by atoms with Gasteiger partial charge >= 0.3 is 0 Å². The van der Waals surface area contributed by atoms with Gasteiger partial charge in [-0.05, 0) is 25.0 Å².